The number of benzene rings is 1. The number of fused-ring (bicyclic) bond motifs is 2. The SMILES string of the molecule is O=C(N[C@H]1CCOc2ccccc21)C1[C@H]2CCCC[C@H]12. The van der Waals surface area contributed by atoms with Gasteiger partial charge in [0.15, 0.2) is 0 Å². The third-order valence-corrected chi connectivity index (χ3v) is 5.23. The maximum absolute atomic E-state index is 12.5. The van der Waals surface area contributed by atoms with E-state index < -0.39 is 0 Å². The van der Waals surface area contributed by atoms with Crippen LogP contribution in [0.25, 0.3) is 0 Å². The van der Waals surface area contributed by atoms with E-state index in [-0.39, 0.29) is 11.9 Å². The molecule has 0 aromatic heterocycles. The highest BCUT2D eigenvalue weighted by molar-refractivity contribution is 5.82. The summed E-state index contributed by atoms with van der Waals surface area (Å²) in [5.41, 5.74) is 1.13. The predicted molar refractivity (Wildman–Crippen MR) is 76.4 cm³/mol. The van der Waals surface area contributed by atoms with Gasteiger partial charge in [0.2, 0.25) is 5.91 Å². The molecule has 4 rings (SSSR count). The number of rotatable bonds is 2. The van der Waals surface area contributed by atoms with Gasteiger partial charge in [-0.15, -0.1) is 0 Å². The van der Waals surface area contributed by atoms with Gasteiger partial charge in [-0.3, -0.25) is 4.79 Å². The van der Waals surface area contributed by atoms with Gasteiger partial charge in [-0.25, -0.2) is 0 Å². The van der Waals surface area contributed by atoms with Crippen molar-refractivity contribution in [2.45, 2.75) is 38.1 Å². The lowest BCUT2D eigenvalue weighted by Crippen LogP contribution is -2.33. The summed E-state index contributed by atoms with van der Waals surface area (Å²) in [5.74, 6) is 2.87. The van der Waals surface area contributed by atoms with Crippen molar-refractivity contribution < 1.29 is 9.53 Å². The van der Waals surface area contributed by atoms with E-state index in [0.717, 1.165) is 17.7 Å². The van der Waals surface area contributed by atoms with E-state index in [1.54, 1.807) is 0 Å². The van der Waals surface area contributed by atoms with Gasteiger partial charge < -0.3 is 10.1 Å². The first-order chi connectivity index (χ1) is 9.84. The van der Waals surface area contributed by atoms with E-state index >= 15 is 0 Å². The molecule has 3 heteroatoms. The second-order valence-electron chi connectivity index (χ2n) is 6.37. The number of hydrogen-bond acceptors (Lipinski definition) is 2. The van der Waals surface area contributed by atoms with Crippen LogP contribution >= 0.6 is 0 Å². The molecule has 1 heterocycles. The van der Waals surface area contributed by atoms with Crippen molar-refractivity contribution >= 4 is 5.91 Å². The molecule has 0 bridgehead atoms. The molecule has 0 radical (unpaired) electrons. The van der Waals surface area contributed by atoms with E-state index in [0.29, 0.717) is 24.4 Å². The quantitative estimate of drug-likeness (QED) is 0.897. The highest BCUT2D eigenvalue weighted by Crippen LogP contribution is 2.55. The minimum Gasteiger partial charge on any atom is -0.493 e. The summed E-state index contributed by atoms with van der Waals surface area (Å²) < 4.78 is 5.65. The first-order valence-corrected chi connectivity index (χ1v) is 7.87. The third-order valence-electron chi connectivity index (χ3n) is 5.23. The molecule has 1 aliphatic heterocycles. The fourth-order valence-corrected chi connectivity index (χ4v) is 4.14. The molecule has 0 unspecified atom stereocenters. The lowest BCUT2D eigenvalue weighted by atomic mass is 10.0. The van der Waals surface area contributed by atoms with Crippen molar-refractivity contribution in [3.8, 4) is 5.75 Å². The molecule has 106 valence electrons. The van der Waals surface area contributed by atoms with Crippen LogP contribution in [0, 0.1) is 17.8 Å². The Bertz CT molecular complexity index is 515. The Morgan fingerprint density at radius 2 is 1.85 bits per heavy atom. The van der Waals surface area contributed by atoms with Crippen LogP contribution < -0.4 is 10.1 Å². The van der Waals surface area contributed by atoms with Crippen molar-refractivity contribution in [2.75, 3.05) is 6.61 Å². The summed E-state index contributed by atoms with van der Waals surface area (Å²) in [5, 5.41) is 3.27. The molecule has 1 amide bonds. The lowest BCUT2D eigenvalue weighted by Gasteiger charge is -2.26. The number of ether oxygens (including phenoxy) is 1. The van der Waals surface area contributed by atoms with Crippen molar-refractivity contribution in [3.05, 3.63) is 29.8 Å². The highest BCUT2D eigenvalue weighted by atomic mass is 16.5. The van der Waals surface area contributed by atoms with E-state index in [2.05, 4.69) is 11.4 Å². The lowest BCUT2D eigenvalue weighted by molar-refractivity contribution is -0.123. The monoisotopic (exact) mass is 271 g/mol. The topological polar surface area (TPSA) is 38.3 Å². The predicted octanol–water partition coefficient (Wildman–Crippen LogP) is 3.06. The van der Waals surface area contributed by atoms with Crippen molar-refractivity contribution in [3.63, 3.8) is 0 Å². The molecule has 0 spiro atoms. The Morgan fingerprint density at radius 3 is 2.65 bits per heavy atom. The normalized spacial score (nSPS) is 34.4. The van der Waals surface area contributed by atoms with Crippen molar-refractivity contribution in [1.29, 1.82) is 0 Å². The fraction of sp³-hybridized carbons (Fsp3) is 0.588. The summed E-state index contributed by atoms with van der Waals surface area (Å²) in [7, 11) is 0. The summed E-state index contributed by atoms with van der Waals surface area (Å²) in [6.07, 6.45) is 6.02. The molecule has 2 saturated carbocycles. The Kier molecular flexibility index (Phi) is 2.94. The highest BCUT2D eigenvalue weighted by Gasteiger charge is 2.54. The summed E-state index contributed by atoms with van der Waals surface area (Å²) in [6.45, 7) is 0.694. The maximum Gasteiger partial charge on any atom is 0.224 e. The number of nitrogens with one attached hydrogen (secondary N) is 1. The van der Waals surface area contributed by atoms with Crippen LogP contribution in [0.2, 0.25) is 0 Å². The minimum atomic E-state index is 0.134. The van der Waals surface area contributed by atoms with Gasteiger partial charge in [0.1, 0.15) is 5.75 Å². The molecule has 1 N–H and O–H groups in total. The second-order valence-corrected chi connectivity index (χ2v) is 6.37. The van der Waals surface area contributed by atoms with Crippen LogP contribution in [-0.4, -0.2) is 12.5 Å². The Morgan fingerprint density at radius 1 is 1.10 bits per heavy atom. The largest absolute Gasteiger partial charge is 0.493 e. The average Bonchev–Trinajstić information content (AvgIpc) is 3.22. The molecule has 1 aromatic carbocycles. The van der Waals surface area contributed by atoms with Crippen LogP contribution in [0.15, 0.2) is 24.3 Å². The standard InChI is InChI=1S/C17H21NO2/c19-17(16-11-5-1-2-6-12(11)16)18-14-9-10-20-15-8-4-3-7-13(14)15/h3-4,7-8,11-12,14,16H,1-2,5-6,9-10H2,(H,18,19)/t11-,12-,14-/m0/s1. The molecule has 2 aliphatic carbocycles. The van der Waals surface area contributed by atoms with Gasteiger partial charge in [0, 0.05) is 17.9 Å². The van der Waals surface area contributed by atoms with E-state index in [9.17, 15) is 4.79 Å². The number of carbonyl (C=O) groups excluding carboxylic acids is 1. The molecule has 0 saturated heterocycles. The van der Waals surface area contributed by atoms with Crippen LogP contribution in [0.4, 0.5) is 0 Å². The molecule has 2 fully saturated rings. The zero-order chi connectivity index (χ0) is 13.5. The fourth-order valence-electron chi connectivity index (χ4n) is 4.14. The summed E-state index contributed by atoms with van der Waals surface area (Å²) in [6, 6.07) is 8.20. The van der Waals surface area contributed by atoms with E-state index in [4.69, 9.17) is 4.74 Å². The van der Waals surface area contributed by atoms with E-state index in [1.165, 1.54) is 25.7 Å². The Hall–Kier alpha value is -1.51. The number of para-hydroxylation sites is 1. The molecule has 3 atom stereocenters. The minimum absolute atomic E-state index is 0.134. The van der Waals surface area contributed by atoms with Gasteiger partial charge in [0.25, 0.3) is 0 Å². The molecule has 3 nitrogen and oxygen atoms in total. The Labute approximate surface area is 119 Å². The smallest absolute Gasteiger partial charge is 0.224 e. The van der Waals surface area contributed by atoms with Crippen molar-refractivity contribution in [1.82, 2.24) is 5.32 Å². The summed E-state index contributed by atoms with van der Waals surface area (Å²) >= 11 is 0. The molecule has 3 aliphatic rings. The maximum atomic E-state index is 12.5. The van der Waals surface area contributed by atoms with Crippen LogP contribution in [-0.2, 0) is 4.79 Å². The van der Waals surface area contributed by atoms with Crippen LogP contribution in [0.5, 0.6) is 5.75 Å². The van der Waals surface area contributed by atoms with Crippen molar-refractivity contribution in [2.24, 2.45) is 17.8 Å². The first-order valence-electron chi connectivity index (χ1n) is 7.87. The molecular formula is C17H21NO2. The zero-order valence-electron chi connectivity index (χ0n) is 11.7. The number of hydrogen-bond donors (Lipinski definition) is 1. The molecule has 1 aromatic rings. The third kappa shape index (κ3) is 2.00. The molecular weight excluding hydrogens is 250 g/mol. The average molecular weight is 271 g/mol. The van der Waals surface area contributed by atoms with Gasteiger partial charge in [-0.05, 0) is 30.7 Å². The summed E-state index contributed by atoms with van der Waals surface area (Å²) in [4.78, 5) is 12.5. The van der Waals surface area contributed by atoms with Crippen LogP contribution in [0.3, 0.4) is 0 Å². The number of amides is 1. The zero-order valence-corrected chi connectivity index (χ0v) is 11.7. The molecule has 20 heavy (non-hydrogen) atoms. The second kappa shape index (κ2) is 4.80. The van der Waals surface area contributed by atoms with Gasteiger partial charge >= 0.3 is 0 Å². The van der Waals surface area contributed by atoms with Crippen LogP contribution in [0.1, 0.15) is 43.7 Å². The first kappa shape index (κ1) is 12.2. The van der Waals surface area contributed by atoms with Gasteiger partial charge in [0.05, 0.1) is 12.6 Å². The van der Waals surface area contributed by atoms with Gasteiger partial charge in [-0.1, -0.05) is 31.0 Å². The van der Waals surface area contributed by atoms with E-state index in [1.807, 2.05) is 18.2 Å². The Balaban J connectivity index is 1.46. The van der Waals surface area contributed by atoms with Gasteiger partial charge in [-0.2, -0.15) is 0 Å². The number of carbonyl (C=O) groups is 1.